The fraction of sp³-hybridized carbons (Fsp3) is 1.00. The Hall–Kier alpha value is -0.130. The third kappa shape index (κ3) is 10.6. The Morgan fingerprint density at radius 1 is 0.773 bits per heavy atom. The maximum atomic E-state index is 13.0. The molecule has 0 fully saturated rings. The van der Waals surface area contributed by atoms with Crippen LogP contribution in [0.5, 0.6) is 0 Å². The van der Waals surface area contributed by atoms with Gasteiger partial charge in [0.15, 0.2) is 0 Å². The predicted octanol–water partition coefficient (Wildman–Crippen LogP) is 5.95. The van der Waals surface area contributed by atoms with E-state index in [2.05, 4.69) is 6.92 Å². The van der Waals surface area contributed by atoms with Gasteiger partial charge in [-0.15, -0.1) is 0 Å². The first-order chi connectivity index (χ1) is 10.2. The Balaban J connectivity index is 3.55. The summed E-state index contributed by atoms with van der Waals surface area (Å²) in [5.74, 6) is -7.44. The van der Waals surface area contributed by atoms with Gasteiger partial charge in [0.2, 0.25) is 0 Å². The minimum Gasteiger partial charge on any atom is -0.260 e. The van der Waals surface area contributed by atoms with Crippen LogP contribution in [0, 0.1) is 0 Å². The monoisotopic (exact) mass is 346 g/mol. The van der Waals surface area contributed by atoms with Crippen molar-refractivity contribution in [1.82, 2.24) is 0 Å². The van der Waals surface area contributed by atoms with Crippen LogP contribution in [0.1, 0.15) is 78.1 Å². The lowest BCUT2D eigenvalue weighted by atomic mass is 10.1. The Labute approximate surface area is 134 Å². The summed E-state index contributed by atoms with van der Waals surface area (Å²) in [6.07, 6.45) is 8.08. The maximum absolute atomic E-state index is 13.0. The molecule has 6 heteroatoms. The molecule has 134 valence electrons. The zero-order chi connectivity index (χ0) is 17.1. The van der Waals surface area contributed by atoms with E-state index in [-0.39, 0.29) is 19.1 Å². The predicted molar refractivity (Wildman–Crippen MR) is 85.3 cm³/mol. The molecule has 1 nitrogen and oxygen atoms in total. The summed E-state index contributed by atoms with van der Waals surface area (Å²) < 4.78 is 62.8. The summed E-state index contributed by atoms with van der Waals surface area (Å²) >= 11 is 0. The minimum atomic E-state index is -4.01. The average Bonchev–Trinajstić information content (AvgIpc) is 2.40. The summed E-state index contributed by atoms with van der Waals surface area (Å²) in [6.45, 7) is 2.40. The molecule has 0 aromatic rings. The van der Waals surface area contributed by atoms with Crippen LogP contribution >= 0.6 is 0 Å². The summed E-state index contributed by atoms with van der Waals surface area (Å²) in [6, 6.07) is 0. The van der Waals surface area contributed by atoms with Crippen molar-refractivity contribution in [3.8, 4) is 0 Å². The first-order valence-electron chi connectivity index (χ1n) is 8.31. The molecule has 0 aliphatic carbocycles. The summed E-state index contributed by atoms with van der Waals surface area (Å²) in [4.78, 5) is 0. The van der Waals surface area contributed by atoms with E-state index in [4.69, 9.17) is 0 Å². The maximum Gasteiger partial charge on any atom is 0.309 e. The average molecular weight is 346 g/mol. The van der Waals surface area contributed by atoms with Crippen molar-refractivity contribution in [3.05, 3.63) is 0 Å². The van der Waals surface area contributed by atoms with E-state index in [9.17, 15) is 21.8 Å². The third-order valence-electron chi connectivity index (χ3n) is 3.73. The molecule has 0 bridgehead atoms. The zero-order valence-electron chi connectivity index (χ0n) is 13.8. The Morgan fingerprint density at radius 3 is 1.73 bits per heavy atom. The van der Waals surface area contributed by atoms with Crippen LogP contribution in [0.4, 0.5) is 17.6 Å². The number of alkyl halides is 4. The van der Waals surface area contributed by atoms with Crippen LogP contribution in [-0.4, -0.2) is 27.6 Å². The molecule has 0 rings (SSSR count). The fourth-order valence-corrected chi connectivity index (χ4v) is 3.37. The standard InChI is InChI=1S/C16H30F4OS/c1-3-4-5-6-7-8-9-10-13-22(21)14-11-12-16(19,20)15(2,17)18/h3-14H2,1-2H3. The summed E-state index contributed by atoms with van der Waals surface area (Å²) in [7, 11) is -1.17. The van der Waals surface area contributed by atoms with Gasteiger partial charge in [0.1, 0.15) is 0 Å². The van der Waals surface area contributed by atoms with Gasteiger partial charge in [-0.3, -0.25) is 4.21 Å². The van der Waals surface area contributed by atoms with Crippen LogP contribution in [0.2, 0.25) is 0 Å². The second-order valence-corrected chi connectivity index (χ2v) is 7.72. The second-order valence-electron chi connectivity index (χ2n) is 6.02. The molecule has 0 heterocycles. The van der Waals surface area contributed by atoms with Crippen LogP contribution < -0.4 is 0 Å². The first-order valence-corrected chi connectivity index (χ1v) is 9.80. The highest BCUT2D eigenvalue weighted by atomic mass is 32.2. The normalized spacial score (nSPS) is 14.3. The number of hydrogen-bond acceptors (Lipinski definition) is 1. The third-order valence-corrected chi connectivity index (χ3v) is 5.22. The Bertz CT molecular complexity index is 303. The fourth-order valence-electron chi connectivity index (χ4n) is 2.17. The van der Waals surface area contributed by atoms with Crippen molar-refractivity contribution in [1.29, 1.82) is 0 Å². The van der Waals surface area contributed by atoms with Gasteiger partial charge in [0.05, 0.1) is 0 Å². The summed E-state index contributed by atoms with van der Waals surface area (Å²) in [5, 5.41) is 0. The Kier molecular flexibility index (Phi) is 11.3. The van der Waals surface area contributed by atoms with Crippen LogP contribution in [0.3, 0.4) is 0 Å². The smallest absolute Gasteiger partial charge is 0.260 e. The van der Waals surface area contributed by atoms with Gasteiger partial charge in [-0.05, 0) is 12.8 Å². The number of rotatable bonds is 14. The number of unbranched alkanes of at least 4 members (excludes halogenated alkanes) is 7. The van der Waals surface area contributed by atoms with Crippen LogP contribution in [0.15, 0.2) is 0 Å². The molecule has 22 heavy (non-hydrogen) atoms. The molecule has 0 aromatic carbocycles. The molecule has 0 radical (unpaired) electrons. The molecule has 1 atom stereocenters. The van der Waals surface area contributed by atoms with Crippen molar-refractivity contribution in [3.63, 3.8) is 0 Å². The van der Waals surface area contributed by atoms with Crippen molar-refractivity contribution >= 4 is 10.8 Å². The van der Waals surface area contributed by atoms with Crippen molar-refractivity contribution in [2.45, 2.75) is 89.9 Å². The van der Waals surface area contributed by atoms with Crippen molar-refractivity contribution in [2.75, 3.05) is 11.5 Å². The molecule has 0 N–H and O–H groups in total. The van der Waals surface area contributed by atoms with E-state index in [1.54, 1.807) is 0 Å². The molecule has 0 aromatic heterocycles. The van der Waals surface area contributed by atoms with E-state index in [0.29, 0.717) is 5.75 Å². The lowest BCUT2D eigenvalue weighted by Gasteiger charge is -2.22. The summed E-state index contributed by atoms with van der Waals surface area (Å²) in [5.41, 5.74) is 0. The molecule has 0 saturated carbocycles. The highest BCUT2D eigenvalue weighted by Crippen LogP contribution is 2.37. The molecule has 1 unspecified atom stereocenters. The van der Waals surface area contributed by atoms with Gasteiger partial charge in [-0.2, -0.15) is 8.78 Å². The van der Waals surface area contributed by atoms with E-state index < -0.39 is 29.1 Å². The molecular formula is C16H30F4OS. The van der Waals surface area contributed by atoms with Crippen LogP contribution in [0.25, 0.3) is 0 Å². The molecule has 0 spiro atoms. The quantitative estimate of drug-likeness (QED) is 0.281. The zero-order valence-corrected chi connectivity index (χ0v) is 14.6. The Morgan fingerprint density at radius 2 is 1.23 bits per heavy atom. The number of hydrogen-bond donors (Lipinski definition) is 0. The van der Waals surface area contributed by atoms with Gasteiger partial charge in [0, 0.05) is 35.6 Å². The largest absolute Gasteiger partial charge is 0.309 e. The van der Waals surface area contributed by atoms with E-state index in [1.165, 1.54) is 32.1 Å². The molecular weight excluding hydrogens is 316 g/mol. The van der Waals surface area contributed by atoms with Crippen LogP contribution in [-0.2, 0) is 10.8 Å². The molecule has 0 saturated heterocycles. The van der Waals surface area contributed by atoms with E-state index in [0.717, 1.165) is 19.3 Å². The van der Waals surface area contributed by atoms with Gasteiger partial charge < -0.3 is 0 Å². The number of halogens is 4. The topological polar surface area (TPSA) is 17.1 Å². The van der Waals surface area contributed by atoms with Crippen molar-refractivity contribution in [2.24, 2.45) is 0 Å². The van der Waals surface area contributed by atoms with Gasteiger partial charge in [-0.25, -0.2) is 8.78 Å². The van der Waals surface area contributed by atoms with E-state index in [1.807, 2.05) is 0 Å². The molecule has 0 aliphatic rings. The second kappa shape index (κ2) is 11.4. The van der Waals surface area contributed by atoms with Gasteiger partial charge in [-0.1, -0.05) is 51.9 Å². The van der Waals surface area contributed by atoms with Gasteiger partial charge >= 0.3 is 11.8 Å². The highest BCUT2D eigenvalue weighted by Gasteiger charge is 2.51. The lowest BCUT2D eigenvalue weighted by molar-refractivity contribution is -0.200. The molecule has 0 aliphatic heterocycles. The van der Waals surface area contributed by atoms with Crippen molar-refractivity contribution < 1.29 is 21.8 Å². The lowest BCUT2D eigenvalue weighted by Crippen LogP contribution is -2.37. The van der Waals surface area contributed by atoms with E-state index >= 15 is 0 Å². The first kappa shape index (κ1) is 21.9. The minimum absolute atomic E-state index is 0.0855. The SMILES string of the molecule is CCCCCCCCCCS(=O)CCCC(F)(F)C(C)(F)F. The molecule has 0 amide bonds. The van der Waals surface area contributed by atoms with Gasteiger partial charge in [0.25, 0.3) is 0 Å². The highest BCUT2D eigenvalue weighted by molar-refractivity contribution is 7.84.